The average Bonchev–Trinajstić information content (AvgIpc) is 2.90. The molecule has 1 aromatic heterocycles. The Kier molecular flexibility index (Phi) is 4.75. The summed E-state index contributed by atoms with van der Waals surface area (Å²) in [6.07, 6.45) is 0.0524. The topological polar surface area (TPSA) is 74.2 Å². The molecule has 0 saturated carbocycles. The molecule has 0 spiro atoms. The maximum atomic E-state index is 13.5. The normalized spacial score (nSPS) is 14.4. The van der Waals surface area contributed by atoms with Gasteiger partial charge < -0.3 is 15.0 Å². The molecule has 0 saturated heterocycles. The van der Waals surface area contributed by atoms with Crippen molar-refractivity contribution in [3.63, 3.8) is 0 Å². The molecule has 0 aliphatic heterocycles. The molecule has 0 aliphatic carbocycles. The zero-order chi connectivity index (χ0) is 15.6. The quantitative estimate of drug-likeness (QED) is 0.888. The lowest BCUT2D eigenvalue weighted by atomic mass is 10.1. The van der Waals surface area contributed by atoms with Crippen LogP contribution in [0.3, 0.4) is 0 Å². The van der Waals surface area contributed by atoms with Gasteiger partial charge in [-0.15, -0.1) is 0 Å². The predicted molar refractivity (Wildman–Crippen MR) is 80.0 cm³/mol. The monoisotopic (exact) mass is 357 g/mol. The third-order valence-corrected chi connectivity index (χ3v) is 3.64. The Morgan fingerprint density at radius 2 is 2.19 bits per heavy atom. The predicted octanol–water partition coefficient (Wildman–Crippen LogP) is 3.24. The van der Waals surface area contributed by atoms with Gasteiger partial charge in [-0.2, -0.15) is 4.98 Å². The summed E-state index contributed by atoms with van der Waals surface area (Å²) < 4.78 is 24.5. The summed E-state index contributed by atoms with van der Waals surface area (Å²) in [6, 6.07) is 4.60. The van der Waals surface area contributed by atoms with E-state index in [2.05, 4.69) is 26.1 Å². The number of nitrogens with zero attached hydrogens (tertiary/aromatic N) is 2. The van der Waals surface area contributed by atoms with Crippen molar-refractivity contribution in [1.82, 2.24) is 10.1 Å². The second kappa shape index (κ2) is 6.21. The molecule has 0 fully saturated rings. The molecule has 21 heavy (non-hydrogen) atoms. The molecule has 114 valence electrons. The Balaban J connectivity index is 2.27. The first kappa shape index (κ1) is 16.1. The molecule has 1 atom stereocenters. The zero-order valence-electron chi connectivity index (χ0n) is 12.1. The number of hydrogen-bond acceptors (Lipinski definition) is 5. The third kappa shape index (κ3) is 3.66. The summed E-state index contributed by atoms with van der Waals surface area (Å²) in [7, 11) is 0. The van der Waals surface area contributed by atoms with Gasteiger partial charge in [-0.25, -0.2) is 4.39 Å². The van der Waals surface area contributed by atoms with E-state index < -0.39 is 11.4 Å². The highest BCUT2D eigenvalue weighted by Gasteiger charge is 2.29. The highest BCUT2D eigenvalue weighted by atomic mass is 79.9. The molecule has 1 aromatic carbocycles. The number of rotatable bonds is 5. The van der Waals surface area contributed by atoms with Crippen molar-refractivity contribution < 1.29 is 13.7 Å². The number of nitrogens with two attached hydrogens (primary N) is 1. The van der Waals surface area contributed by atoms with Crippen LogP contribution in [0.5, 0.6) is 0 Å². The molecule has 2 N–H and O–H groups in total. The van der Waals surface area contributed by atoms with E-state index in [1.165, 1.54) is 6.07 Å². The SMILES string of the molecule is CC(C)OCC(C)(N)c1noc(-c2cccc(F)c2Br)n1. The fraction of sp³-hybridized carbons (Fsp3) is 0.429. The van der Waals surface area contributed by atoms with E-state index in [9.17, 15) is 4.39 Å². The van der Waals surface area contributed by atoms with Crippen molar-refractivity contribution in [3.8, 4) is 11.5 Å². The van der Waals surface area contributed by atoms with Crippen LogP contribution >= 0.6 is 15.9 Å². The smallest absolute Gasteiger partial charge is 0.259 e. The van der Waals surface area contributed by atoms with Crippen LogP contribution in [0, 0.1) is 5.82 Å². The summed E-state index contributed by atoms with van der Waals surface area (Å²) in [5.74, 6) is 0.123. The Bertz CT molecular complexity index is 628. The van der Waals surface area contributed by atoms with Crippen molar-refractivity contribution in [3.05, 3.63) is 34.3 Å². The molecular weight excluding hydrogens is 341 g/mol. The number of aromatic nitrogens is 2. The largest absolute Gasteiger partial charge is 0.376 e. The first-order chi connectivity index (χ1) is 9.81. The Hall–Kier alpha value is -1.31. The maximum absolute atomic E-state index is 13.5. The lowest BCUT2D eigenvalue weighted by Gasteiger charge is -2.21. The van der Waals surface area contributed by atoms with Gasteiger partial charge in [0.15, 0.2) is 5.82 Å². The van der Waals surface area contributed by atoms with Crippen LogP contribution in [0.25, 0.3) is 11.5 Å². The average molecular weight is 358 g/mol. The van der Waals surface area contributed by atoms with Gasteiger partial charge >= 0.3 is 0 Å². The van der Waals surface area contributed by atoms with Crippen molar-refractivity contribution >= 4 is 15.9 Å². The minimum Gasteiger partial charge on any atom is -0.376 e. The molecule has 0 radical (unpaired) electrons. The van der Waals surface area contributed by atoms with Gasteiger partial charge in [0.1, 0.15) is 11.4 Å². The fourth-order valence-corrected chi connectivity index (χ4v) is 2.07. The lowest BCUT2D eigenvalue weighted by molar-refractivity contribution is 0.0410. The van der Waals surface area contributed by atoms with Gasteiger partial charge in [0.2, 0.25) is 0 Å². The number of benzene rings is 1. The molecule has 1 unspecified atom stereocenters. The van der Waals surface area contributed by atoms with Crippen molar-refractivity contribution in [2.45, 2.75) is 32.4 Å². The summed E-state index contributed by atoms with van der Waals surface area (Å²) >= 11 is 3.17. The first-order valence-electron chi connectivity index (χ1n) is 6.50. The van der Waals surface area contributed by atoms with Gasteiger partial charge in [-0.05, 0) is 48.8 Å². The lowest BCUT2D eigenvalue weighted by Crippen LogP contribution is -2.40. The summed E-state index contributed by atoms with van der Waals surface area (Å²) in [5, 5.41) is 3.88. The van der Waals surface area contributed by atoms with E-state index in [0.29, 0.717) is 11.4 Å². The maximum Gasteiger partial charge on any atom is 0.259 e. The van der Waals surface area contributed by atoms with Crippen LogP contribution < -0.4 is 5.73 Å². The Labute approximate surface area is 130 Å². The van der Waals surface area contributed by atoms with E-state index in [1.807, 2.05) is 13.8 Å². The highest BCUT2D eigenvalue weighted by molar-refractivity contribution is 9.10. The summed E-state index contributed by atoms with van der Waals surface area (Å²) in [4.78, 5) is 4.25. The minimum atomic E-state index is -0.883. The highest BCUT2D eigenvalue weighted by Crippen LogP contribution is 2.30. The van der Waals surface area contributed by atoms with Crippen molar-refractivity contribution in [1.29, 1.82) is 0 Å². The van der Waals surface area contributed by atoms with Crippen LogP contribution in [-0.2, 0) is 10.3 Å². The van der Waals surface area contributed by atoms with Crippen LogP contribution in [0.1, 0.15) is 26.6 Å². The van der Waals surface area contributed by atoms with Crippen LogP contribution in [-0.4, -0.2) is 22.9 Å². The fourth-order valence-electron chi connectivity index (χ4n) is 1.64. The van der Waals surface area contributed by atoms with Gasteiger partial charge in [-0.1, -0.05) is 11.2 Å². The number of halogens is 2. The van der Waals surface area contributed by atoms with Crippen LogP contribution in [0.4, 0.5) is 4.39 Å². The van der Waals surface area contributed by atoms with E-state index in [0.717, 1.165) is 0 Å². The standard InChI is InChI=1S/C14H17BrFN3O2/c1-8(2)20-7-14(3,17)13-18-12(21-19-13)9-5-4-6-10(16)11(9)15/h4-6,8H,7,17H2,1-3H3. The Morgan fingerprint density at radius 1 is 1.48 bits per heavy atom. The first-order valence-corrected chi connectivity index (χ1v) is 7.29. The molecule has 0 bridgehead atoms. The zero-order valence-corrected chi connectivity index (χ0v) is 13.6. The number of ether oxygens (including phenoxy) is 1. The second-order valence-electron chi connectivity index (χ2n) is 5.30. The minimum absolute atomic E-state index is 0.0524. The molecule has 1 heterocycles. The van der Waals surface area contributed by atoms with Gasteiger partial charge in [0, 0.05) is 0 Å². The second-order valence-corrected chi connectivity index (χ2v) is 6.09. The number of hydrogen-bond donors (Lipinski definition) is 1. The van der Waals surface area contributed by atoms with E-state index in [4.69, 9.17) is 15.0 Å². The molecule has 2 aromatic rings. The van der Waals surface area contributed by atoms with E-state index in [-0.39, 0.29) is 23.1 Å². The molecule has 0 amide bonds. The molecule has 7 heteroatoms. The van der Waals surface area contributed by atoms with Gasteiger partial charge in [0.25, 0.3) is 5.89 Å². The van der Waals surface area contributed by atoms with Gasteiger partial charge in [0.05, 0.1) is 22.7 Å². The van der Waals surface area contributed by atoms with Crippen LogP contribution in [0.2, 0.25) is 0 Å². The third-order valence-electron chi connectivity index (χ3n) is 2.84. The van der Waals surface area contributed by atoms with E-state index >= 15 is 0 Å². The van der Waals surface area contributed by atoms with E-state index in [1.54, 1.807) is 19.1 Å². The van der Waals surface area contributed by atoms with Crippen LogP contribution in [0.15, 0.2) is 27.2 Å². The molecular formula is C14H17BrFN3O2. The molecule has 5 nitrogen and oxygen atoms in total. The Morgan fingerprint density at radius 3 is 2.86 bits per heavy atom. The summed E-state index contributed by atoms with van der Waals surface area (Å²) in [5.41, 5.74) is 5.75. The molecule has 2 rings (SSSR count). The van der Waals surface area contributed by atoms with Gasteiger partial charge in [-0.3, -0.25) is 0 Å². The summed E-state index contributed by atoms with van der Waals surface area (Å²) in [6.45, 7) is 5.85. The van der Waals surface area contributed by atoms with Crippen molar-refractivity contribution in [2.24, 2.45) is 5.73 Å². The molecule has 0 aliphatic rings. The van der Waals surface area contributed by atoms with Crippen molar-refractivity contribution in [2.75, 3.05) is 6.61 Å².